The molecule has 1 fully saturated rings. The number of unbranched alkanes of at least 4 members (excludes halogenated alkanes) is 13. The number of carboxylic acid groups (broad SMARTS) is 1. The van der Waals surface area contributed by atoms with Gasteiger partial charge in [0.05, 0.1) is 6.61 Å². The minimum Gasteiger partial charge on any atom is -0.479 e. The molecule has 11 nitrogen and oxygen atoms in total. The Morgan fingerprint density at radius 1 is 0.604 bits per heavy atom. The molecule has 0 saturated carbocycles. The first kappa shape index (κ1) is 48.2. The van der Waals surface area contributed by atoms with Crippen LogP contribution in [0.3, 0.4) is 0 Å². The van der Waals surface area contributed by atoms with E-state index in [4.69, 9.17) is 18.9 Å². The molecule has 4 N–H and O–H groups in total. The van der Waals surface area contributed by atoms with Crippen LogP contribution >= 0.6 is 0 Å². The normalized spacial score (nSPS) is 21.3. The monoisotopic (exact) mass is 750 g/mol. The topological polar surface area (TPSA) is 169 Å². The van der Waals surface area contributed by atoms with E-state index in [9.17, 15) is 34.8 Å². The lowest BCUT2D eigenvalue weighted by Crippen LogP contribution is -2.60. The third-order valence-corrected chi connectivity index (χ3v) is 8.94. The number of allylic oxidation sites excluding steroid dienone is 8. The fourth-order valence-corrected chi connectivity index (χ4v) is 5.75. The molecule has 1 aliphatic heterocycles. The van der Waals surface area contributed by atoms with Crippen molar-refractivity contribution in [2.75, 3.05) is 13.2 Å². The second kappa shape index (κ2) is 32.6. The zero-order chi connectivity index (χ0) is 38.9. The summed E-state index contributed by atoms with van der Waals surface area (Å²) < 4.78 is 21.6. The Kier molecular flexibility index (Phi) is 29.6. The molecule has 304 valence electrons. The minimum atomic E-state index is -1.87. The molecule has 0 bridgehead atoms. The summed E-state index contributed by atoms with van der Waals surface area (Å²) in [5.74, 6) is -2.50. The number of esters is 2. The van der Waals surface area contributed by atoms with Crippen LogP contribution in [0.5, 0.6) is 0 Å². The van der Waals surface area contributed by atoms with Gasteiger partial charge in [0.2, 0.25) is 0 Å². The van der Waals surface area contributed by atoms with E-state index in [1.165, 1.54) is 51.4 Å². The number of hydrogen-bond acceptors (Lipinski definition) is 10. The fraction of sp³-hybridized carbons (Fsp3) is 0.738. The number of carbonyl (C=O) groups is 3. The molecule has 1 rings (SSSR count). The predicted octanol–water partition coefficient (Wildman–Crippen LogP) is 7.81. The van der Waals surface area contributed by atoms with Crippen LogP contribution in [0, 0.1) is 0 Å². The van der Waals surface area contributed by atoms with Gasteiger partial charge in [0.15, 0.2) is 18.5 Å². The smallest absolute Gasteiger partial charge is 0.335 e. The molecule has 53 heavy (non-hydrogen) atoms. The van der Waals surface area contributed by atoms with E-state index in [1.807, 2.05) is 0 Å². The highest BCUT2D eigenvalue weighted by atomic mass is 16.7. The standard InChI is InChI=1S/C42H70O11/c1-3-5-7-9-11-13-15-17-18-19-21-22-24-26-28-30-35(43)50-32-34(33-51-42-39(47)37(45)38(46)40(53-42)41(48)49)52-36(44)31-29-27-25-23-20-16-14-12-10-8-6-4-2/h5,7,11,13,17-18,21-22,34,37-40,42,45-47H,3-4,6,8-10,12,14-16,19-20,23-33H2,1-2H3,(H,48,49)/b7-5-,13-11-,18-17-,22-21-. The Morgan fingerprint density at radius 2 is 1.11 bits per heavy atom. The average molecular weight is 751 g/mol. The Bertz CT molecular complexity index is 1070. The Balaban J connectivity index is 2.46. The quantitative estimate of drug-likeness (QED) is 0.0301. The van der Waals surface area contributed by atoms with Gasteiger partial charge >= 0.3 is 17.9 Å². The summed E-state index contributed by atoms with van der Waals surface area (Å²) in [6.45, 7) is 3.63. The van der Waals surface area contributed by atoms with Crippen molar-refractivity contribution in [1.82, 2.24) is 0 Å². The fourth-order valence-electron chi connectivity index (χ4n) is 5.75. The molecule has 0 aromatic heterocycles. The summed E-state index contributed by atoms with van der Waals surface area (Å²) in [4.78, 5) is 36.6. The number of rotatable bonds is 32. The number of aliphatic hydroxyl groups is 3. The molecule has 0 aliphatic carbocycles. The minimum absolute atomic E-state index is 0.174. The van der Waals surface area contributed by atoms with Gasteiger partial charge in [-0.15, -0.1) is 0 Å². The van der Waals surface area contributed by atoms with Crippen molar-refractivity contribution < 1.29 is 53.8 Å². The van der Waals surface area contributed by atoms with Gasteiger partial charge in [0.25, 0.3) is 0 Å². The molecular formula is C42H70O11. The molecule has 0 aromatic rings. The van der Waals surface area contributed by atoms with Crippen LogP contribution in [0.2, 0.25) is 0 Å². The van der Waals surface area contributed by atoms with E-state index < -0.39 is 61.3 Å². The van der Waals surface area contributed by atoms with E-state index in [2.05, 4.69) is 62.5 Å². The zero-order valence-corrected chi connectivity index (χ0v) is 32.5. The Hall–Kier alpha value is -2.83. The van der Waals surface area contributed by atoms with Crippen molar-refractivity contribution in [3.8, 4) is 0 Å². The molecule has 0 aromatic carbocycles. The highest BCUT2D eigenvalue weighted by Gasteiger charge is 2.47. The van der Waals surface area contributed by atoms with Crippen LogP contribution in [0.25, 0.3) is 0 Å². The van der Waals surface area contributed by atoms with Crippen LogP contribution in [0.15, 0.2) is 48.6 Å². The van der Waals surface area contributed by atoms with Gasteiger partial charge in [-0.1, -0.05) is 133 Å². The van der Waals surface area contributed by atoms with Gasteiger partial charge in [-0.3, -0.25) is 9.59 Å². The predicted molar refractivity (Wildman–Crippen MR) is 206 cm³/mol. The molecule has 1 aliphatic rings. The van der Waals surface area contributed by atoms with E-state index in [1.54, 1.807) is 0 Å². The maximum atomic E-state index is 12.7. The van der Waals surface area contributed by atoms with Crippen LogP contribution in [-0.2, 0) is 33.3 Å². The van der Waals surface area contributed by atoms with Crippen LogP contribution < -0.4 is 0 Å². The van der Waals surface area contributed by atoms with Crippen molar-refractivity contribution >= 4 is 17.9 Å². The van der Waals surface area contributed by atoms with Crippen molar-refractivity contribution in [3.63, 3.8) is 0 Å². The van der Waals surface area contributed by atoms with Crippen LogP contribution in [-0.4, -0.2) is 88.4 Å². The maximum absolute atomic E-state index is 12.7. The number of carboxylic acids is 1. The second-order valence-corrected chi connectivity index (χ2v) is 13.7. The van der Waals surface area contributed by atoms with Crippen molar-refractivity contribution in [1.29, 1.82) is 0 Å². The summed E-state index contributed by atoms with van der Waals surface area (Å²) in [5.41, 5.74) is 0. The SMILES string of the molecule is CC/C=C\C/C=C\C/C=C\C/C=C\CCCCC(=O)OCC(COC1OC(C(=O)O)C(O)C(O)C1O)OC(=O)CCCCCCCCCCCCCC. The molecular weight excluding hydrogens is 680 g/mol. The van der Waals surface area contributed by atoms with Crippen LogP contribution in [0.4, 0.5) is 0 Å². The third kappa shape index (κ3) is 25.0. The van der Waals surface area contributed by atoms with Crippen molar-refractivity contribution in [2.24, 2.45) is 0 Å². The first-order valence-electron chi connectivity index (χ1n) is 20.2. The first-order chi connectivity index (χ1) is 25.7. The van der Waals surface area contributed by atoms with Crippen LogP contribution in [0.1, 0.15) is 149 Å². The lowest BCUT2D eigenvalue weighted by Gasteiger charge is -2.38. The number of carbonyl (C=O) groups excluding carboxylic acids is 2. The summed E-state index contributed by atoms with van der Waals surface area (Å²) >= 11 is 0. The lowest BCUT2D eigenvalue weighted by molar-refractivity contribution is -0.298. The van der Waals surface area contributed by atoms with E-state index >= 15 is 0 Å². The zero-order valence-electron chi connectivity index (χ0n) is 32.5. The molecule has 11 heteroatoms. The summed E-state index contributed by atoms with van der Waals surface area (Å²) in [6, 6.07) is 0. The van der Waals surface area contributed by atoms with Gasteiger partial charge in [0.1, 0.15) is 24.9 Å². The van der Waals surface area contributed by atoms with Gasteiger partial charge in [-0.25, -0.2) is 4.79 Å². The van der Waals surface area contributed by atoms with Crippen molar-refractivity contribution in [2.45, 2.75) is 185 Å². The van der Waals surface area contributed by atoms with Gasteiger partial charge in [-0.2, -0.15) is 0 Å². The van der Waals surface area contributed by atoms with Gasteiger partial charge in [0, 0.05) is 12.8 Å². The molecule has 1 heterocycles. The van der Waals surface area contributed by atoms with Gasteiger partial charge < -0.3 is 39.4 Å². The third-order valence-electron chi connectivity index (χ3n) is 8.94. The lowest BCUT2D eigenvalue weighted by atomic mass is 9.99. The Morgan fingerprint density at radius 3 is 1.68 bits per heavy atom. The average Bonchev–Trinajstić information content (AvgIpc) is 3.14. The first-order valence-corrected chi connectivity index (χ1v) is 20.2. The van der Waals surface area contributed by atoms with E-state index in [0.29, 0.717) is 12.8 Å². The van der Waals surface area contributed by atoms with Gasteiger partial charge in [-0.05, 0) is 51.4 Å². The number of hydrogen-bond donors (Lipinski definition) is 4. The molecule has 6 unspecified atom stereocenters. The molecule has 1 saturated heterocycles. The summed E-state index contributed by atoms with van der Waals surface area (Å²) in [6.07, 6.45) is 27.4. The van der Waals surface area contributed by atoms with E-state index in [-0.39, 0.29) is 19.4 Å². The second-order valence-electron chi connectivity index (χ2n) is 13.7. The molecule has 6 atom stereocenters. The Labute approximate surface area is 318 Å². The highest BCUT2D eigenvalue weighted by molar-refractivity contribution is 5.73. The number of aliphatic carboxylic acids is 1. The molecule has 0 amide bonds. The largest absolute Gasteiger partial charge is 0.479 e. The highest BCUT2D eigenvalue weighted by Crippen LogP contribution is 2.23. The number of aliphatic hydroxyl groups excluding tert-OH is 3. The number of ether oxygens (including phenoxy) is 4. The van der Waals surface area contributed by atoms with E-state index in [0.717, 1.165) is 57.8 Å². The summed E-state index contributed by atoms with van der Waals surface area (Å²) in [5, 5.41) is 39.7. The summed E-state index contributed by atoms with van der Waals surface area (Å²) in [7, 11) is 0. The van der Waals surface area contributed by atoms with Crippen molar-refractivity contribution in [3.05, 3.63) is 48.6 Å². The maximum Gasteiger partial charge on any atom is 0.335 e. The molecule has 0 radical (unpaired) electrons. The molecule has 0 spiro atoms.